The molecule has 0 atom stereocenters. The summed E-state index contributed by atoms with van der Waals surface area (Å²) in [6.45, 7) is 2.73. The van der Waals surface area contributed by atoms with Gasteiger partial charge in [-0.3, -0.25) is 9.48 Å². The van der Waals surface area contributed by atoms with Gasteiger partial charge in [0.2, 0.25) is 10.0 Å². The minimum atomic E-state index is -3.53. The van der Waals surface area contributed by atoms with Gasteiger partial charge in [-0.1, -0.05) is 13.3 Å². The topological polar surface area (TPSA) is 92.5 Å². The van der Waals surface area contributed by atoms with Crippen LogP contribution in [0.5, 0.6) is 0 Å². The Kier molecular flexibility index (Phi) is 5.00. The van der Waals surface area contributed by atoms with Crippen LogP contribution >= 0.6 is 0 Å². The monoisotopic (exact) mass is 315 g/mol. The third-order valence-corrected chi connectivity index (χ3v) is 5.36. The lowest BCUT2D eigenvalue weighted by molar-refractivity contribution is -0.137. The number of sulfonamides is 1. The van der Waals surface area contributed by atoms with Gasteiger partial charge >= 0.3 is 5.97 Å². The van der Waals surface area contributed by atoms with Crippen LogP contribution in [0.25, 0.3) is 0 Å². The fourth-order valence-electron chi connectivity index (χ4n) is 2.12. The van der Waals surface area contributed by atoms with Crippen LogP contribution in [0.15, 0.2) is 17.3 Å². The van der Waals surface area contributed by atoms with Crippen molar-refractivity contribution in [2.75, 3.05) is 6.54 Å². The Labute approximate surface area is 124 Å². The number of hydrogen-bond acceptors (Lipinski definition) is 4. The van der Waals surface area contributed by atoms with Crippen LogP contribution < -0.4 is 0 Å². The zero-order valence-electron chi connectivity index (χ0n) is 12.1. The molecule has 0 aliphatic heterocycles. The van der Waals surface area contributed by atoms with Crippen LogP contribution in [0, 0.1) is 0 Å². The van der Waals surface area contributed by atoms with Gasteiger partial charge in [0.05, 0.1) is 19.2 Å². The predicted octanol–water partition coefficient (Wildman–Crippen LogP) is 1.31. The van der Waals surface area contributed by atoms with Gasteiger partial charge in [-0.15, -0.1) is 0 Å². The van der Waals surface area contributed by atoms with E-state index in [4.69, 9.17) is 5.11 Å². The van der Waals surface area contributed by atoms with Gasteiger partial charge in [0.1, 0.15) is 4.90 Å². The minimum Gasteiger partial charge on any atom is -0.481 e. The van der Waals surface area contributed by atoms with Crippen LogP contribution in [-0.4, -0.2) is 46.2 Å². The van der Waals surface area contributed by atoms with E-state index < -0.39 is 16.0 Å². The van der Waals surface area contributed by atoms with Gasteiger partial charge in [0, 0.05) is 18.8 Å². The molecule has 1 aliphatic carbocycles. The maximum absolute atomic E-state index is 12.6. The number of hydrogen-bond donors (Lipinski definition) is 1. The first-order chi connectivity index (χ1) is 9.95. The quantitative estimate of drug-likeness (QED) is 0.741. The number of rotatable bonds is 9. The molecule has 1 N–H and O–H groups in total. The number of nitrogens with zero attached hydrogens (tertiary/aromatic N) is 3. The summed E-state index contributed by atoms with van der Waals surface area (Å²) in [7, 11) is -3.53. The fourth-order valence-corrected chi connectivity index (χ4v) is 3.80. The van der Waals surface area contributed by atoms with Crippen molar-refractivity contribution in [1.29, 1.82) is 0 Å². The second-order valence-corrected chi connectivity index (χ2v) is 7.17. The van der Waals surface area contributed by atoms with E-state index in [9.17, 15) is 13.2 Å². The molecule has 1 saturated carbocycles. The SMILES string of the molecule is CCCCN(C1CC1)S(=O)(=O)c1cnn(CCC(=O)O)c1. The molecule has 1 aromatic rings. The standard InChI is InChI=1S/C13H21N3O4S/c1-2-3-7-16(11-4-5-11)21(19,20)12-9-14-15(10-12)8-6-13(17)18/h9-11H,2-8H2,1H3,(H,17,18). The lowest BCUT2D eigenvalue weighted by Crippen LogP contribution is -2.33. The Morgan fingerprint density at radius 1 is 1.52 bits per heavy atom. The van der Waals surface area contributed by atoms with Crippen LogP contribution in [0.2, 0.25) is 0 Å². The molecule has 8 heteroatoms. The number of carboxylic acids is 1. The normalized spacial score (nSPS) is 15.5. The predicted molar refractivity (Wildman–Crippen MR) is 76.3 cm³/mol. The number of aromatic nitrogens is 2. The molecule has 0 radical (unpaired) electrons. The largest absolute Gasteiger partial charge is 0.481 e. The van der Waals surface area contributed by atoms with E-state index >= 15 is 0 Å². The molecule has 1 fully saturated rings. The van der Waals surface area contributed by atoms with Crippen molar-refractivity contribution in [3.05, 3.63) is 12.4 Å². The zero-order valence-corrected chi connectivity index (χ0v) is 12.9. The molecule has 118 valence electrons. The third kappa shape index (κ3) is 4.04. The van der Waals surface area contributed by atoms with Crippen molar-refractivity contribution >= 4 is 16.0 Å². The molecule has 0 aromatic carbocycles. The zero-order chi connectivity index (χ0) is 15.5. The molecule has 7 nitrogen and oxygen atoms in total. The van der Waals surface area contributed by atoms with Gasteiger partial charge in [-0.2, -0.15) is 9.40 Å². The average molecular weight is 315 g/mol. The van der Waals surface area contributed by atoms with Crippen molar-refractivity contribution in [3.8, 4) is 0 Å². The van der Waals surface area contributed by atoms with Crippen molar-refractivity contribution in [1.82, 2.24) is 14.1 Å². The summed E-state index contributed by atoms with van der Waals surface area (Å²) in [6.07, 6.45) is 6.24. The molecule has 0 bridgehead atoms. The molecule has 2 rings (SSSR count). The molecule has 0 spiro atoms. The lowest BCUT2D eigenvalue weighted by Gasteiger charge is -2.20. The number of aliphatic carboxylic acids is 1. The van der Waals surface area contributed by atoms with E-state index in [-0.39, 0.29) is 23.9 Å². The van der Waals surface area contributed by atoms with E-state index in [2.05, 4.69) is 5.10 Å². The Balaban J connectivity index is 2.12. The van der Waals surface area contributed by atoms with Crippen LogP contribution in [0.3, 0.4) is 0 Å². The third-order valence-electron chi connectivity index (χ3n) is 3.46. The summed E-state index contributed by atoms with van der Waals surface area (Å²) in [4.78, 5) is 10.7. The molecule has 0 unspecified atom stereocenters. The smallest absolute Gasteiger partial charge is 0.305 e. The maximum atomic E-state index is 12.6. The first kappa shape index (κ1) is 16.0. The number of unbranched alkanes of at least 4 members (excludes halogenated alkanes) is 1. The second-order valence-electron chi connectivity index (χ2n) is 5.28. The fraction of sp³-hybridized carbons (Fsp3) is 0.692. The van der Waals surface area contributed by atoms with Crippen molar-refractivity contribution < 1.29 is 18.3 Å². The number of carbonyl (C=O) groups is 1. The Bertz CT molecular complexity index is 592. The highest BCUT2D eigenvalue weighted by molar-refractivity contribution is 7.89. The summed E-state index contributed by atoms with van der Waals surface area (Å²) < 4.78 is 28.2. The number of aryl methyl sites for hydroxylation is 1. The molecule has 1 aromatic heterocycles. The summed E-state index contributed by atoms with van der Waals surface area (Å²) in [5.41, 5.74) is 0. The molecular formula is C13H21N3O4S. The molecule has 1 heterocycles. The van der Waals surface area contributed by atoms with E-state index in [1.807, 2.05) is 6.92 Å². The Hall–Kier alpha value is -1.41. The molecule has 0 saturated heterocycles. The van der Waals surface area contributed by atoms with Crippen LogP contribution in [-0.2, 0) is 21.4 Å². The summed E-state index contributed by atoms with van der Waals surface area (Å²) >= 11 is 0. The minimum absolute atomic E-state index is 0.0800. The van der Waals surface area contributed by atoms with E-state index in [0.717, 1.165) is 25.7 Å². The summed E-state index contributed by atoms with van der Waals surface area (Å²) in [5, 5.41) is 12.6. The molecular weight excluding hydrogens is 294 g/mol. The van der Waals surface area contributed by atoms with Gasteiger partial charge in [0.25, 0.3) is 0 Å². The van der Waals surface area contributed by atoms with Crippen LogP contribution in [0.4, 0.5) is 0 Å². The highest BCUT2D eigenvalue weighted by atomic mass is 32.2. The van der Waals surface area contributed by atoms with Crippen LogP contribution in [0.1, 0.15) is 39.0 Å². The highest BCUT2D eigenvalue weighted by Crippen LogP contribution is 2.32. The summed E-state index contributed by atoms with van der Waals surface area (Å²) in [5.74, 6) is -0.933. The van der Waals surface area contributed by atoms with Gasteiger partial charge < -0.3 is 5.11 Å². The van der Waals surface area contributed by atoms with Crippen molar-refractivity contribution in [2.24, 2.45) is 0 Å². The van der Waals surface area contributed by atoms with E-state index in [1.165, 1.54) is 17.1 Å². The van der Waals surface area contributed by atoms with Gasteiger partial charge in [-0.25, -0.2) is 8.42 Å². The Morgan fingerprint density at radius 2 is 2.24 bits per heavy atom. The Morgan fingerprint density at radius 3 is 2.81 bits per heavy atom. The number of carboxylic acid groups (broad SMARTS) is 1. The molecule has 21 heavy (non-hydrogen) atoms. The first-order valence-corrected chi connectivity index (χ1v) is 8.65. The lowest BCUT2D eigenvalue weighted by atomic mass is 10.3. The van der Waals surface area contributed by atoms with E-state index in [0.29, 0.717) is 6.54 Å². The second kappa shape index (κ2) is 6.57. The average Bonchev–Trinajstić information content (AvgIpc) is 3.13. The molecule has 1 aliphatic rings. The van der Waals surface area contributed by atoms with Crippen molar-refractivity contribution in [2.45, 2.75) is 56.5 Å². The van der Waals surface area contributed by atoms with Gasteiger partial charge in [0.15, 0.2) is 0 Å². The van der Waals surface area contributed by atoms with Gasteiger partial charge in [-0.05, 0) is 19.3 Å². The molecule has 0 amide bonds. The van der Waals surface area contributed by atoms with E-state index in [1.54, 1.807) is 4.31 Å². The maximum Gasteiger partial charge on any atom is 0.305 e. The van der Waals surface area contributed by atoms with Crippen molar-refractivity contribution in [3.63, 3.8) is 0 Å². The first-order valence-electron chi connectivity index (χ1n) is 7.21. The summed E-state index contributed by atoms with van der Waals surface area (Å²) in [6, 6.07) is 0.115. The highest BCUT2D eigenvalue weighted by Gasteiger charge is 2.38.